The zero-order valence-electron chi connectivity index (χ0n) is 10.8. The highest BCUT2D eigenvalue weighted by Gasteiger charge is 2.33. The van der Waals surface area contributed by atoms with Crippen LogP contribution in [-0.4, -0.2) is 30.1 Å². The number of carbonyl (C=O) groups is 2. The first-order valence-electron chi connectivity index (χ1n) is 6.29. The number of nitrogens with one attached hydrogen (secondary N) is 1. The zero-order chi connectivity index (χ0) is 13.8. The molecule has 102 valence electrons. The predicted octanol–water partition coefficient (Wildman–Crippen LogP) is 1.68. The van der Waals surface area contributed by atoms with Crippen molar-refractivity contribution in [2.24, 2.45) is 5.92 Å². The number of carboxylic acid groups (broad SMARTS) is 1. The first-order chi connectivity index (χ1) is 9.11. The molecule has 0 bridgehead atoms. The summed E-state index contributed by atoms with van der Waals surface area (Å²) >= 11 is 0. The second-order valence-corrected chi connectivity index (χ2v) is 4.68. The molecule has 1 fully saturated rings. The van der Waals surface area contributed by atoms with Gasteiger partial charge in [-0.1, -0.05) is 6.42 Å². The van der Waals surface area contributed by atoms with E-state index < -0.39 is 11.9 Å². The molecule has 1 aliphatic rings. The zero-order valence-corrected chi connectivity index (χ0v) is 10.8. The minimum atomic E-state index is -0.836. The molecular formula is C14H17NO4. The normalized spacial score (nSPS) is 21.9. The molecule has 0 aliphatic heterocycles. The standard InChI is InChI=1S/C14H17NO4/c1-19-10-7-5-9(6-8-10)13(16)15-12-4-2-3-11(12)14(17)18/h5-8,11-12H,2-4H2,1H3,(H,15,16)(H,17,18). The van der Waals surface area contributed by atoms with E-state index in [0.717, 1.165) is 12.8 Å². The molecule has 2 atom stereocenters. The Labute approximate surface area is 111 Å². The van der Waals surface area contributed by atoms with Crippen molar-refractivity contribution < 1.29 is 19.4 Å². The van der Waals surface area contributed by atoms with Crippen LogP contribution in [0.3, 0.4) is 0 Å². The molecule has 1 aromatic carbocycles. The van der Waals surface area contributed by atoms with Gasteiger partial charge in [0.1, 0.15) is 5.75 Å². The third kappa shape index (κ3) is 3.05. The summed E-state index contributed by atoms with van der Waals surface area (Å²) in [7, 11) is 1.56. The van der Waals surface area contributed by atoms with E-state index in [2.05, 4.69) is 5.32 Å². The van der Waals surface area contributed by atoms with Crippen LogP contribution in [0.25, 0.3) is 0 Å². The van der Waals surface area contributed by atoms with Crippen molar-refractivity contribution in [2.45, 2.75) is 25.3 Å². The maximum Gasteiger partial charge on any atom is 0.308 e. The molecule has 1 aromatic rings. The summed E-state index contributed by atoms with van der Waals surface area (Å²) < 4.78 is 5.02. The van der Waals surface area contributed by atoms with Gasteiger partial charge in [0, 0.05) is 11.6 Å². The van der Waals surface area contributed by atoms with E-state index in [1.54, 1.807) is 31.4 Å². The van der Waals surface area contributed by atoms with Crippen molar-refractivity contribution in [3.05, 3.63) is 29.8 Å². The van der Waals surface area contributed by atoms with Gasteiger partial charge in [-0.15, -0.1) is 0 Å². The summed E-state index contributed by atoms with van der Waals surface area (Å²) in [5, 5.41) is 11.9. The van der Waals surface area contributed by atoms with E-state index >= 15 is 0 Å². The quantitative estimate of drug-likeness (QED) is 0.866. The van der Waals surface area contributed by atoms with Crippen LogP contribution in [0.2, 0.25) is 0 Å². The van der Waals surface area contributed by atoms with Gasteiger partial charge in [-0.25, -0.2) is 0 Å². The third-order valence-electron chi connectivity index (χ3n) is 3.50. The van der Waals surface area contributed by atoms with Crippen LogP contribution in [0.5, 0.6) is 5.75 Å². The minimum Gasteiger partial charge on any atom is -0.497 e. The van der Waals surface area contributed by atoms with Gasteiger partial charge in [0.15, 0.2) is 0 Å². The molecule has 1 amide bonds. The van der Waals surface area contributed by atoms with Crippen molar-refractivity contribution in [1.82, 2.24) is 5.32 Å². The van der Waals surface area contributed by atoms with Crippen molar-refractivity contribution in [1.29, 1.82) is 0 Å². The largest absolute Gasteiger partial charge is 0.497 e. The second kappa shape index (κ2) is 5.73. The molecule has 2 N–H and O–H groups in total. The number of hydrogen-bond donors (Lipinski definition) is 2. The van der Waals surface area contributed by atoms with Gasteiger partial charge in [-0.05, 0) is 37.1 Å². The van der Waals surface area contributed by atoms with Crippen LogP contribution in [0.1, 0.15) is 29.6 Å². The summed E-state index contributed by atoms with van der Waals surface area (Å²) in [6.45, 7) is 0. The molecule has 5 nitrogen and oxygen atoms in total. The number of carbonyl (C=O) groups excluding carboxylic acids is 1. The van der Waals surface area contributed by atoms with Crippen molar-refractivity contribution >= 4 is 11.9 Å². The SMILES string of the molecule is COc1ccc(C(=O)NC2CCCC2C(=O)O)cc1. The average molecular weight is 263 g/mol. The van der Waals surface area contributed by atoms with Gasteiger partial charge in [-0.3, -0.25) is 9.59 Å². The highest BCUT2D eigenvalue weighted by Crippen LogP contribution is 2.26. The van der Waals surface area contributed by atoms with E-state index in [1.807, 2.05) is 0 Å². The molecule has 19 heavy (non-hydrogen) atoms. The van der Waals surface area contributed by atoms with E-state index in [0.29, 0.717) is 17.7 Å². The predicted molar refractivity (Wildman–Crippen MR) is 69.2 cm³/mol. The van der Waals surface area contributed by atoms with Gasteiger partial charge < -0.3 is 15.2 Å². The molecule has 2 unspecified atom stereocenters. The van der Waals surface area contributed by atoms with E-state index in [-0.39, 0.29) is 11.9 Å². The molecule has 1 saturated carbocycles. The molecule has 2 rings (SSSR count). The second-order valence-electron chi connectivity index (χ2n) is 4.68. The smallest absolute Gasteiger partial charge is 0.308 e. The van der Waals surface area contributed by atoms with Crippen molar-refractivity contribution in [3.8, 4) is 5.75 Å². The molecule has 0 radical (unpaired) electrons. The monoisotopic (exact) mass is 263 g/mol. The Morgan fingerprint density at radius 2 is 1.95 bits per heavy atom. The Hall–Kier alpha value is -2.04. The minimum absolute atomic E-state index is 0.235. The summed E-state index contributed by atoms with van der Waals surface area (Å²) in [6.07, 6.45) is 2.19. The lowest BCUT2D eigenvalue weighted by Crippen LogP contribution is -2.40. The van der Waals surface area contributed by atoms with Gasteiger partial charge in [0.2, 0.25) is 0 Å². The molecular weight excluding hydrogens is 246 g/mol. The molecule has 0 aromatic heterocycles. The maximum atomic E-state index is 12.0. The number of benzene rings is 1. The third-order valence-corrected chi connectivity index (χ3v) is 3.50. The average Bonchev–Trinajstić information content (AvgIpc) is 2.87. The Morgan fingerprint density at radius 1 is 1.26 bits per heavy atom. The lowest BCUT2D eigenvalue weighted by molar-refractivity contribution is -0.142. The topological polar surface area (TPSA) is 75.6 Å². The lowest BCUT2D eigenvalue weighted by Gasteiger charge is -2.17. The molecule has 1 aliphatic carbocycles. The number of rotatable bonds is 4. The fourth-order valence-electron chi connectivity index (χ4n) is 2.42. The van der Waals surface area contributed by atoms with Gasteiger partial charge in [0.25, 0.3) is 5.91 Å². The number of amides is 1. The summed E-state index contributed by atoms with van der Waals surface area (Å²) in [5.41, 5.74) is 0.511. The fourth-order valence-corrected chi connectivity index (χ4v) is 2.42. The van der Waals surface area contributed by atoms with Crippen molar-refractivity contribution in [2.75, 3.05) is 7.11 Å². The van der Waals surface area contributed by atoms with Crippen LogP contribution in [0.4, 0.5) is 0 Å². The van der Waals surface area contributed by atoms with Crippen LogP contribution in [0.15, 0.2) is 24.3 Å². The van der Waals surface area contributed by atoms with E-state index in [4.69, 9.17) is 9.84 Å². The molecule has 0 heterocycles. The van der Waals surface area contributed by atoms with Crippen molar-refractivity contribution in [3.63, 3.8) is 0 Å². The molecule has 5 heteroatoms. The highest BCUT2D eigenvalue weighted by molar-refractivity contribution is 5.94. The summed E-state index contributed by atoms with van der Waals surface area (Å²) in [4.78, 5) is 23.1. The fraction of sp³-hybridized carbons (Fsp3) is 0.429. The van der Waals surface area contributed by atoms with E-state index in [1.165, 1.54) is 0 Å². The Kier molecular flexibility index (Phi) is 4.04. The van der Waals surface area contributed by atoms with Crippen LogP contribution in [-0.2, 0) is 4.79 Å². The van der Waals surface area contributed by atoms with Gasteiger partial charge >= 0.3 is 5.97 Å². The Balaban J connectivity index is 2.01. The first kappa shape index (κ1) is 13.4. The number of aliphatic carboxylic acids is 1. The number of hydrogen-bond acceptors (Lipinski definition) is 3. The number of ether oxygens (including phenoxy) is 1. The number of carboxylic acids is 1. The highest BCUT2D eigenvalue weighted by atomic mass is 16.5. The first-order valence-corrected chi connectivity index (χ1v) is 6.29. The van der Waals surface area contributed by atoms with Crippen LogP contribution in [0, 0.1) is 5.92 Å². The maximum absolute atomic E-state index is 12.0. The van der Waals surface area contributed by atoms with Gasteiger partial charge in [0.05, 0.1) is 13.0 Å². The Bertz CT molecular complexity index is 469. The van der Waals surface area contributed by atoms with Crippen LogP contribution < -0.4 is 10.1 Å². The van der Waals surface area contributed by atoms with Gasteiger partial charge in [-0.2, -0.15) is 0 Å². The summed E-state index contributed by atoms with van der Waals surface area (Å²) in [5.74, 6) is -0.860. The van der Waals surface area contributed by atoms with E-state index in [9.17, 15) is 9.59 Å². The summed E-state index contributed by atoms with van der Waals surface area (Å²) in [6, 6.07) is 6.47. The van der Waals surface area contributed by atoms with Crippen LogP contribution >= 0.6 is 0 Å². The Morgan fingerprint density at radius 3 is 2.53 bits per heavy atom. The number of methoxy groups -OCH3 is 1. The molecule has 0 spiro atoms. The molecule has 0 saturated heterocycles. The lowest BCUT2D eigenvalue weighted by atomic mass is 10.0.